The first-order chi connectivity index (χ1) is 18.1. The minimum Gasteiger partial charge on any atom is -0.497 e. The Hall–Kier alpha value is -3.87. The van der Waals surface area contributed by atoms with Crippen LogP contribution in [0.3, 0.4) is 0 Å². The molecule has 0 bridgehead atoms. The lowest BCUT2D eigenvalue weighted by molar-refractivity contribution is -0.142. The number of nitrogens with zero attached hydrogens (tertiary/aromatic N) is 2. The lowest BCUT2D eigenvalue weighted by atomic mass is 10.0. The summed E-state index contributed by atoms with van der Waals surface area (Å²) in [7, 11) is 1.61. The Morgan fingerprint density at radius 2 is 1.71 bits per heavy atom. The van der Waals surface area contributed by atoms with Crippen LogP contribution >= 0.6 is 0 Å². The first-order valence-electron chi connectivity index (χ1n) is 13.2. The summed E-state index contributed by atoms with van der Waals surface area (Å²) in [5.41, 5.74) is 2.10. The number of carbonyl (C=O) groups excluding carboxylic acids is 3. The lowest BCUT2D eigenvalue weighted by Gasteiger charge is -2.33. The van der Waals surface area contributed by atoms with Gasteiger partial charge in [-0.25, -0.2) is 0 Å². The van der Waals surface area contributed by atoms with Crippen molar-refractivity contribution < 1.29 is 19.1 Å². The van der Waals surface area contributed by atoms with Crippen molar-refractivity contribution >= 4 is 34.2 Å². The minimum absolute atomic E-state index is 0.0321. The van der Waals surface area contributed by atoms with Gasteiger partial charge >= 0.3 is 0 Å². The quantitative estimate of drug-likeness (QED) is 0.397. The van der Waals surface area contributed by atoms with E-state index in [0.717, 1.165) is 27.8 Å². The van der Waals surface area contributed by atoms with Crippen LogP contribution in [0.2, 0.25) is 0 Å². The van der Waals surface area contributed by atoms with Gasteiger partial charge in [-0.3, -0.25) is 14.4 Å². The summed E-state index contributed by atoms with van der Waals surface area (Å²) in [4.78, 5) is 43.4. The van der Waals surface area contributed by atoms with Gasteiger partial charge in [0.25, 0.3) is 5.91 Å². The number of nitrogens with one attached hydrogen (secondary N) is 1. The predicted molar refractivity (Wildman–Crippen MR) is 150 cm³/mol. The van der Waals surface area contributed by atoms with E-state index in [1.165, 1.54) is 0 Å². The van der Waals surface area contributed by atoms with Crippen molar-refractivity contribution in [3.8, 4) is 5.75 Å². The molecule has 0 saturated carbocycles. The summed E-state index contributed by atoms with van der Waals surface area (Å²) in [5.74, 6) is 0.420. The van der Waals surface area contributed by atoms with Crippen molar-refractivity contribution in [3.63, 3.8) is 0 Å². The molecule has 1 atom stereocenters. The van der Waals surface area contributed by atoms with E-state index < -0.39 is 11.6 Å². The molecule has 1 heterocycles. The van der Waals surface area contributed by atoms with Gasteiger partial charge in [0.1, 0.15) is 11.8 Å². The molecule has 3 amide bonds. The second-order valence-electron chi connectivity index (χ2n) is 10.8. The van der Waals surface area contributed by atoms with E-state index in [1.54, 1.807) is 16.9 Å². The van der Waals surface area contributed by atoms with E-state index >= 15 is 0 Å². The Morgan fingerprint density at radius 1 is 1.03 bits per heavy atom. The van der Waals surface area contributed by atoms with Gasteiger partial charge in [-0.2, -0.15) is 0 Å². The highest BCUT2D eigenvalue weighted by Gasteiger charge is 2.32. The SMILES string of the molecule is CCC(C(=O)NC(C)(C)C)N(Cc1ccc(OC)cc1)C(=O)CCCN1C(=O)c2cccc3cccc1c23. The summed E-state index contributed by atoms with van der Waals surface area (Å²) < 4.78 is 5.26. The van der Waals surface area contributed by atoms with Crippen LogP contribution < -0.4 is 15.0 Å². The highest BCUT2D eigenvalue weighted by Crippen LogP contribution is 2.37. The molecule has 1 N–H and O–H groups in total. The molecule has 0 saturated heterocycles. The lowest BCUT2D eigenvalue weighted by Crippen LogP contribution is -2.53. The maximum Gasteiger partial charge on any atom is 0.258 e. The van der Waals surface area contributed by atoms with Gasteiger partial charge in [0.2, 0.25) is 11.8 Å². The Morgan fingerprint density at radius 3 is 2.34 bits per heavy atom. The van der Waals surface area contributed by atoms with Gasteiger partial charge in [-0.05, 0) is 68.8 Å². The van der Waals surface area contributed by atoms with Crippen molar-refractivity contribution in [1.82, 2.24) is 10.2 Å². The normalized spacial score (nSPS) is 13.5. The monoisotopic (exact) mass is 515 g/mol. The Bertz CT molecular complexity index is 1320. The molecule has 0 spiro atoms. The number of hydrogen-bond acceptors (Lipinski definition) is 4. The van der Waals surface area contributed by atoms with Crippen LogP contribution in [0.1, 0.15) is 62.9 Å². The van der Waals surface area contributed by atoms with Crippen molar-refractivity contribution in [2.24, 2.45) is 0 Å². The Kier molecular flexibility index (Phi) is 8.05. The van der Waals surface area contributed by atoms with Crippen molar-refractivity contribution in [2.75, 3.05) is 18.6 Å². The van der Waals surface area contributed by atoms with Crippen LogP contribution in [0.25, 0.3) is 10.8 Å². The second kappa shape index (κ2) is 11.3. The van der Waals surface area contributed by atoms with Crippen LogP contribution in [0, 0.1) is 0 Å². The molecular weight excluding hydrogens is 478 g/mol. The molecule has 1 unspecified atom stereocenters. The fourth-order valence-corrected chi connectivity index (χ4v) is 5.03. The van der Waals surface area contributed by atoms with Gasteiger partial charge in [0.15, 0.2) is 0 Å². The van der Waals surface area contributed by atoms with Crippen LogP contribution in [0.5, 0.6) is 5.75 Å². The highest BCUT2D eigenvalue weighted by atomic mass is 16.5. The summed E-state index contributed by atoms with van der Waals surface area (Å²) >= 11 is 0. The number of anilines is 1. The number of carbonyl (C=O) groups is 3. The molecule has 3 aromatic rings. The largest absolute Gasteiger partial charge is 0.497 e. The first-order valence-corrected chi connectivity index (χ1v) is 13.2. The van der Waals surface area contributed by atoms with E-state index in [1.807, 2.05) is 88.4 Å². The van der Waals surface area contributed by atoms with Crippen LogP contribution in [-0.2, 0) is 16.1 Å². The van der Waals surface area contributed by atoms with Crippen molar-refractivity contribution in [3.05, 3.63) is 71.8 Å². The number of amides is 3. The molecule has 1 aliphatic heterocycles. The second-order valence-corrected chi connectivity index (χ2v) is 10.8. The smallest absolute Gasteiger partial charge is 0.258 e. The summed E-state index contributed by atoms with van der Waals surface area (Å²) in [6.07, 6.45) is 1.21. The molecule has 3 aromatic carbocycles. The number of hydrogen-bond donors (Lipinski definition) is 1. The number of methoxy groups -OCH3 is 1. The highest BCUT2D eigenvalue weighted by molar-refractivity contribution is 6.25. The third kappa shape index (κ3) is 5.82. The van der Waals surface area contributed by atoms with Crippen molar-refractivity contribution in [2.45, 2.75) is 65.1 Å². The van der Waals surface area contributed by atoms with Gasteiger partial charge in [0, 0.05) is 36.0 Å². The minimum atomic E-state index is -0.602. The molecule has 7 heteroatoms. The molecule has 4 rings (SSSR count). The maximum atomic E-state index is 13.6. The molecular formula is C31H37N3O4. The van der Waals surface area contributed by atoms with E-state index in [-0.39, 0.29) is 24.1 Å². The van der Waals surface area contributed by atoms with Crippen LogP contribution in [-0.4, -0.2) is 47.9 Å². The van der Waals surface area contributed by atoms with Gasteiger partial charge in [0.05, 0.1) is 12.8 Å². The molecule has 7 nitrogen and oxygen atoms in total. The standard InChI is InChI=1S/C31H37N3O4/c1-6-25(29(36)32-31(2,3)4)34(20-21-15-17-23(38-5)18-16-21)27(35)14-9-19-33-26-13-8-11-22-10-7-12-24(28(22)26)30(33)37/h7-8,10-13,15-18,25H,6,9,14,19-20H2,1-5H3,(H,32,36). The molecule has 0 fully saturated rings. The zero-order valence-corrected chi connectivity index (χ0v) is 22.9. The maximum absolute atomic E-state index is 13.6. The number of rotatable bonds is 10. The molecule has 0 radical (unpaired) electrons. The average molecular weight is 516 g/mol. The van der Waals surface area contributed by atoms with Gasteiger partial charge in [-0.1, -0.05) is 43.3 Å². The molecule has 0 aliphatic carbocycles. The fourth-order valence-electron chi connectivity index (χ4n) is 5.03. The first kappa shape index (κ1) is 27.2. The molecule has 0 aromatic heterocycles. The fraction of sp³-hybridized carbons (Fsp3) is 0.387. The summed E-state index contributed by atoms with van der Waals surface area (Å²) in [6.45, 7) is 8.45. The Labute approximate surface area is 224 Å². The van der Waals surface area contributed by atoms with Crippen LogP contribution in [0.15, 0.2) is 60.7 Å². The van der Waals surface area contributed by atoms with E-state index in [9.17, 15) is 14.4 Å². The third-order valence-electron chi connectivity index (χ3n) is 6.82. The van der Waals surface area contributed by atoms with E-state index in [4.69, 9.17) is 4.74 Å². The predicted octanol–water partition coefficient (Wildman–Crippen LogP) is 5.31. The zero-order chi connectivity index (χ0) is 27.4. The molecule has 200 valence electrons. The van der Waals surface area contributed by atoms with Crippen molar-refractivity contribution in [1.29, 1.82) is 0 Å². The number of benzene rings is 3. The topological polar surface area (TPSA) is 79.0 Å². The third-order valence-corrected chi connectivity index (χ3v) is 6.82. The van der Waals surface area contributed by atoms with Gasteiger partial charge in [-0.15, -0.1) is 0 Å². The summed E-state index contributed by atoms with van der Waals surface area (Å²) in [6, 6.07) is 18.6. The molecule has 38 heavy (non-hydrogen) atoms. The Balaban J connectivity index is 1.50. The van der Waals surface area contributed by atoms with E-state index in [0.29, 0.717) is 31.5 Å². The number of ether oxygens (including phenoxy) is 1. The van der Waals surface area contributed by atoms with Crippen LogP contribution in [0.4, 0.5) is 5.69 Å². The average Bonchev–Trinajstić information content (AvgIpc) is 3.16. The molecule has 1 aliphatic rings. The van der Waals surface area contributed by atoms with Gasteiger partial charge < -0.3 is 19.9 Å². The van der Waals surface area contributed by atoms with E-state index in [2.05, 4.69) is 5.32 Å². The summed E-state index contributed by atoms with van der Waals surface area (Å²) in [5, 5.41) is 5.04. The zero-order valence-electron chi connectivity index (χ0n) is 22.9.